The zero-order valence-corrected chi connectivity index (χ0v) is 15.9. The van der Waals surface area contributed by atoms with Crippen LogP contribution in [0.1, 0.15) is 17.3 Å². The first-order chi connectivity index (χ1) is 11.2. The predicted octanol–water partition coefficient (Wildman–Crippen LogP) is 2.77. The number of ether oxygens (including phenoxy) is 2. The summed E-state index contributed by atoms with van der Waals surface area (Å²) in [6.45, 7) is 1.29. The van der Waals surface area contributed by atoms with E-state index in [2.05, 4.69) is 4.74 Å². The van der Waals surface area contributed by atoms with Crippen molar-refractivity contribution in [3.05, 3.63) is 28.8 Å². The quantitative estimate of drug-likeness (QED) is 0.337. The molecule has 0 aromatic heterocycles. The van der Waals surface area contributed by atoms with E-state index in [4.69, 9.17) is 28.6 Å². The van der Waals surface area contributed by atoms with Crippen molar-refractivity contribution in [2.24, 2.45) is 5.92 Å². The summed E-state index contributed by atoms with van der Waals surface area (Å²) in [7, 11) is 4.67. The van der Waals surface area contributed by atoms with Crippen molar-refractivity contribution in [1.29, 1.82) is 0 Å². The lowest BCUT2D eigenvalue weighted by Gasteiger charge is -2.15. The molecule has 1 unspecified atom stereocenters. The largest absolute Gasteiger partial charge is 0.468 e. The minimum absolute atomic E-state index is 0.124. The van der Waals surface area contributed by atoms with Crippen LogP contribution in [0.3, 0.4) is 0 Å². The number of hydrogen-bond acceptors (Lipinski definition) is 7. The van der Waals surface area contributed by atoms with E-state index >= 15 is 0 Å². The highest BCUT2D eigenvalue weighted by atomic mass is 35.5. The van der Waals surface area contributed by atoms with Crippen LogP contribution in [-0.2, 0) is 19.1 Å². The normalized spacial score (nSPS) is 11.4. The monoisotopic (exact) mass is 389 g/mol. The molecule has 6 nitrogen and oxygen atoms in total. The molecule has 0 radical (unpaired) electrons. The number of benzene rings is 1. The van der Waals surface area contributed by atoms with Crippen LogP contribution >= 0.6 is 35.6 Å². The summed E-state index contributed by atoms with van der Waals surface area (Å²) in [5.41, 5.74) is 0.124. The van der Waals surface area contributed by atoms with Crippen molar-refractivity contribution in [3.8, 4) is 0 Å². The molecular weight excluding hydrogens is 374 g/mol. The Morgan fingerprint density at radius 2 is 1.88 bits per heavy atom. The van der Waals surface area contributed by atoms with E-state index in [9.17, 15) is 14.4 Å². The van der Waals surface area contributed by atoms with Crippen molar-refractivity contribution < 1.29 is 23.9 Å². The maximum absolute atomic E-state index is 12.2. The van der Waals surface area contributed by atoms with Crippen LogP contribution in [0.4, 0.5) is 0 Å². The molecule has 130 valence electrons. The number of nitrogens with zero attached hydrogens (tertiary/aromatic N) is 1. The SMILES string of the molecule is COC(=O)C(C)C(=O)OC(=O)c1ccc(Cl)cc1SC(=S)N(C)C. The van der Waals surface area contributed by atoms with Crippen LogP contribution in [-0.4, -0.2) is 48.3 Å². The second-order valence-corrected chi connectivity index (χ2v) is 6.97. The van der Waals surface area contributed by atoms with Crippen LogP contribution in [0.5, 0.6) is 0 Å². The highest BCUT2D eigenvalue weighted by molar-refractivity contribution is 8.23. The highest BCUT2D eigenvalue weighted by Gasteiger charge is 2.27. The number of esters is 3. The summed E-state index contributed by atoms with van der Waals surface area (Å²) in [6, 6.07) is 4.48. The molecule has 0 saturated carbocycles. The topological polar surface area (TPSA) is 72.9 Å². The minimum atomic E-state index is -1.20. The van der Waals surface area contributed by atoms with Gasteiger partial charge in [0.1, 0.15) is 4.32 Å². The smallest absolute Gasteiger partial charge is 0.346 e. The number of halogens is 1. The van der Waals surface area contributed by atoms with Gasteiger partial charge in [-0.2, -0.15) is 0 Å². The Hall–Kier alpha value is -1.64. The molecule has 24 heavy (non-hydrogen) atoms. The van der Waals surface area contributed by atoms with Gasteiger partial charge in [-0.05, 0) is 25.1 Å². The van der Waals surface area contributed by atoms with E-state index in [1.165, 1.54) is 19.1 Å². The van der Waals surface area contributed by atoms with Crippen molar-refractivity contribution in [2.45, 2.75) is 11.8 Å². The second-order valence-electron chi connectivity index (χ2n) is 4.86. The number of carbonyl (C=O) groups excluding carboxylic acids is 3. The first-order valence-electron chi connectivity index (χ1n) is 6.70. The van der Waals surface area contributed by atoms with Gasteiger partial charge in [-0.1, -0.05) is 35.6 Å². The lowest BCUT2D eigenvalue weighted by molar-refractivity contribution is -0.156. The Bertz CT molecular complexity index is 678. The summed E-state index contributed by atoms with van der Waals surface area (Å²) in [4.78, 5) is 37.5. The van der Waals surface area contributed by atoms with Gasteiger partial charge in [-0.3, -0.25) is 9.59 Å². The van der Waals surface area contributed by atoms with Crippen molar-refractivity contribution in [3.63, 3.8) is 0 Å². The van der Waals surface area contributed by atoms with Crippen molar-refractivity contribution in [2.75, 3.05) is 21.2 Å². The average Bonchev–Trinajstić information content (AvgIpc) is 2.52. The first-order valence-corrected chi connectivity index (χ1v) is 8.30. The van der Waals surface area contributed by atoms with Gasteiger partial charge in [-0.15, -0.1) is 0 Å². The van der Waals surface area contributed by atoms with E-state index in [0.29, 0.717) is 14.2 Å². The van der Waals surface area contributed by atoms with E-state index in [1.54, 1.807) is 25.1 Å². The molecule has 0 bridgehead atoms. The van der Waals surface area contributed by atoms with Gasteiger partial charge < -0.3 is 14.4 Å². The molecule has 0 aliphatic carbocycles. The van der Waals surface area contributed by atoms with Gasteiger partial charge in [-0.25, -0.2) is 4.79 Å². The lowest BCUT2D eigenvalue weighted by Crippen LogP contribution is -2.27. The fraction of sp³-hybridized carbons (Fsp3) is 0.333. The van der Waals surface area contributed by atoms with Gasteiger partial charge in [0, 0.05) is 24.0 Å². The third-order valence-electron chi connectivity index (χ3n) is 2.83. The molecular formula is C15H16ClNO5S2. The Morgan fingerprint density at radius 3 is 2.42 bits per heavy atom. The summed E-state index contributed by atoms with van der Waals surface area (Å²) in [6.07, 6.45) is 0. The molecule has 1 aromatic rings. The van der Waals surface area contributed by atoms with Crippen LogP contribution in [0.2, 0.25) is 5.02 Å². The third kappa shape index (κ3) is 5.47. The van der Waals surface area contributed by atoms with Gasteiger partial charge >= 0.3 is 17.9 Å². The zero-order chi connectivity index (χ0) is 18.4. The van der Waals surface area contributed by atoms with Crippen molar-refractivity contribution >= 4 is 57.8 Å². The van der Waals surface area contributed by atoms with Gasteiger partial charge in [0.05, 0.1) is 12.7 Å². The predicted molar refractivity (Wildman–Crippen MR) is 95.2 cm³/mol. The molecule has 0 saturated heterocycles. The summed E-state index contributed by atoms with van der Waals surface area (Å²) >= 11 is 12.3. The molecule has 9 heteroatoms. The van der Waals surface area contributed by atoms with Crippen molar-refractivity contribution in [1.82, 2.24) is 4.90 Å². The van der Waals surface area contributed by atoms with Crippen LogP contribution in [0.25, 0.3) is 0 Å². The highest BCUT2D eigenvalue weighted by Crippen LogP contribution is 2.29. The zero-order valence-electron chi connectivity index (χ0n) is 13.5. The van der Waals surface area contributed by atoms with Crippen LogP contribution < -0.4 is 0 Å². The molecule has 1 aromatic carbocycles. The molecule has 0 aliphatic rings. The number of carbonyl (C=O) groups is 3. The summed E-state index contributed by atoms with van der Waals surface area (Å²) in [5, 5.41) is 0.407. The number of thioether (sulfide) groups is 1. The summed E-state index contributed by atoms with van der Waals surface area (Å²) in [5.74, 6) is -3.87. The van der Waals surface area contributed by atoms with Crippen LogP contribution in [0.15, 0.2) is 23.1 Å². The second kappa shape index (κ2) is 9.00. The minimum Gasteiger partial charge on any atom is -0.468 e. The van der Waals surface area contributed by atoms with Gasteiger partial charge in [0.2, 0.25) is 0 Å². The van der Waals surface area contributed by atoms with Gasteiger partial charge in [0.25, 0.3) is 0 Å². The maximum atomic E-state index is 12.2. The molecule has 0 heterocycles. The van der Waals surface area contributed by atoms with E-state index in [-0.39, 0.29) is 5.56 Å². The number of thiocarbonyl (C=S) groups is 1. The number of methoxy groups -OCH3 is 1. The molecule has 0 spiro atoms. The first kappa shape index (κ1) is 20.4. The number of rotatable bonds is 4. The van der Waals surface area contributed by atoms with E-state index in [0.717, 1.165) is 18.9 Å². The Morgan fingerprint density at radius 1 is 1.25 bits per heavy atom. The fourth-order valence-corrected chi connectivity index (χ4v) is 2.77. The maximum Gasteiger partial charge on any atom is 0.346 e. The molecule has 0 amide bonds. The van der Waals surface area contributed by atoms with Gasteiger partial charge in [0.15, 0.2) is 5.92 Å². The Labute approximate surface area is 154 Å². The molecule has 0 N–H and O–H groups in total. The fourth-order valence-electron chi connectivity index (χ4n) is 1.44. The third-order valence-corrected chi connectivity index (χ3v) is 4.78. The van der Waals surface area contributed by atoms with Crippen LogP contribution in [0, 0.1) is 5.92 Å². The standard InChI is InChI=1S/C15H16ClNO5S2/c1-8(12(18)21-4)13(19)22-14(20)10-6-5-9(16)7-11(10)24-15(23)17(2)3/h5-8H,1-4H3. The lowest BCUT2D eigenvalue weighted by atomic mass is 10.2. The van der Waals surface area contributed by atoms with E-state index in [1.807, 2.05) is 0 Å². The molecule has 0 aliphatic heterocycles. The number of hydrogen-bond donors (Lipinski definition) is 0. The van der Waals surface area contributed by atoms with E-state index < -0.39 is 23.8 Å². The Balaban J connectivity index is 3.00. The summed E-state index contributed by atoms with van der Waals surface area (Å²) < 4.78 is 9.70. The molecule has 0 fully saturated rings. The average molecular weight is 390 g/mol. The molecule has 1 rings (SSSR count). The molecule has 1 atom stereocenters. The Kier molecular flexibility index (Phi) is 7.65.